The van der Waals surface area contributed by atoms with Crippen LogP contribution in [0, 0.1) is 0 Å². The van der Waals surface area contributed by atoms with Gasteiger partial charge in [-0.2, -0.15) is 0 Å². The Balaban J connectivity index is 2.54. The molecule has 0 unspecified atom stereocenters. The molecule has 0 atom stereocenters. The van der Waals surface area contributed by atoms with Gasteiger partial charge in [-0.15, -0.1) is 0 Å². The summed E-state index contributed by atoms with van der Waals surface area (Å²) >= 11 is 0. The van der Waals surface area contributed by atoms with E-state index in [1.165, 1.54) is 31.4 Å². The molecule has 5 nitrogen and oxygen atoms in total. The largest absolute Gasteiger partial charge is 0.464 e. The minimum Gasteiger partial charge on any atom is -0.464 e. The average Bonchev–Trinajstić information content (AvgIpc) is 2.50. The van der Waals surface area contributed by atoms with Crippen LogP contribution in [0.2, 0.25) is 0 Å². The average molecular weight is 327 g/mol. The molecule has 0 aromatic heterocycles. The molecule has 124 valence electrons. The first-order valence-corrected chi connectivity index (χ1v) is 9.25. The van der Waals surface area contributed by atoms with Gasteiger partial charge < -0.3 is 5.11 Å². The molecule has 22 heavy (non-hydrogen) atoms. The van der Waals surface area contributed by atoms with Crippen molar-refractivity contribution in [2.45, 2.75) is 56.8 Å². The van der Waals surface area contributed by atoms with Crippen LogP contribution in [0.4, 0.5) is 4.79 Å². The van der Waals surface area contributed by atoms with Crippen molar-refractivity contribution in [2.24, 2.45) is 0 Å². The molecular weight excluding hydrogens is 302 g/mol. The molecule has 0 radical (unpaired) electrons. The van der Waals surface area contributed by atoms with Crippen molar-refractivity contribution in [1.82, 2.24) is 4.31 Å². The molecule has 1 aromatic carbocycles. The second kappa shape index (κ2) is 9.46. The van der Waals surface area contributed by atoms with E-state index in [4.69, 9.17) is 0 Å². The van der Waals surface area contributed by atoms with E-state index in [1.807, 2.05) is 0 Å². The molecule has 1 N–H and O–H groups in total. The van der Waals surface area contributed by atoms with Crippen molar-refractivity contribution in [2.75, 3.05) is 6.54 Å². The number of benzene rings is 1. The zero-order valence-electron chi connectivity index (χ0n) is 13.1. The summed E-state index contributed by atoms with van der Waals surface area (Å²) < 4.78 is 25.2. The number of nitrogens with zero attached hydrogens (tertiary/aromatic N) is 1. The topological polar surface area (TPSA) is 74.7 Å². The SMILES string of the molecule is CCCCCCCCCN(C(=O)O)S(=O)(=O)c1ccccc1. The maximum Gasteiger partial charge on any atom is 0.421 e. The molecule has 1 aromatic rings. The number of hydrogen-bond donors (Lipinski definition) is 1. The van der Waals surface area contributed by atoms with E-state index in [0.717, 1.165) is 19.3 Å². The highest BCUT2D eigenvalue weighted by molar-refractivity contribution is 7.89. The monoisotopic (exact) mass is 327 g/mol. The van der Waals surface area contributed by atoms with Crippen molar-refractivity contribution >= 4 is 16.1 Å². The Labute approximate surface area is 133 Å². The first kappa shape index (κ1) is 18.5. The molecule has 0 fully saturated rings. The van der Waals surface area contributed by atoms with Gasteiger partial charge in [0.2, 0.25) is 0 Å². The van der Waals surface area contributed by atoms with E-state index in [-0.39, 0.29) is 11.4 Å². The van der Waals surface area contributed by atoms with Gasteiger partial charge >= 0.3 is 6.09 Å². The van der Waals surface area contributed by atoms with Crippen molar-refractivity contribution in [3.05, 3.63) is 30.3 Å². The van der Waals surface area contributed by atoms with Gasteiger partial charge in [-0.25, -0.2) is 17.5 Å². The highest BCUT2D eigenvalue weighted by atomic mass is 32.2. The molecule has 0 bridgehead atoms. The summed E-state index contributed by atoms with van der Waals surface area (Å²) in [5, 5.41) is 9.19. The summed E-state index contributed by atoms with van der Waals surface area (Å²) in [5.74, 6) is 0. The van der Waals surface area contributed by atoms with Gasteiger partial charge in [0.05, 0.1) is 4.90 Å². The minimum absolute atomic E-state index is 0.0142. The predicted molar refractivity (Wildman–Crippen MR) is 86.4 cm³/mol. The Hall–Kier alpha value is -1.56. The number of amides is 1. The molecule has 0 aliphatic carbocycles. The lowest BCUT2D eigenvalue weighted by molar-refractivity contribution is 0.171. The van der Waals surface area contributed by atoms with Crippen LogP contribution in [0.3, 0.4) is 0 Å². The van der Waals surface area contributed by atoms with E-state index in [1.54, 1.807) is 18.2 Å². The van der Waals surface area contributed by atoms with E-state index < -0.39 is 16.1 Å². The Bertz CT molecular complexity index is 543. The van der Waals surface area contributed by atoms with E-state index >= 15 is 0 Å². The van der Waals surface area contributed by atoms with Crippen LogP contribution in [0.25, 0.3) is 0 Å². The summed E-state index contributed by atoms with van der Waals surface area (Å²) in [7, 11) is -3.97. The van der Waals surface area contributed by atoms with Crippen molar-refractivity contribution < 1.29 is 18.3 Å². The fraction of sp³-hybridized carbons (Fsp3) is 0.562. The summed E-state index contributed by atoms with van der Waals surface area (Å²) in [5.41, 5.74) is 0. The first-order chi connectivity index (χ1) is 10.5. The van der Waals surface area contributed by atoms with Crippen LogP contribution in [0.15, 0.2) is 35.2 Å². The third kappa shape index (κ3) is 5.67. The Kier molecular flexibility index (Phi) is 7.95. The Morgan fingerprint density at radius 2 is 1.55 bits per heavy atom. The van der Waals surface area contributed by atoms with Gasteiger partial charge in [-0.3, -0.25) is 0 Å². The van der Waals surface area contributed by atoms with Gasteiger partial charge in [0, 0.05) is 6.54 Å². The highest BCUT2D eigenvalue weighted by Crippen LogP contribution is 2.17. The number of unbranched alkanes of at least 4 members (excludes halogenated alkanes) is 6. The Morgan fingerprint density at radius 1 is 1.00 bits per heavy atom. The van der Waals surface area contributed by atoms with Crippen LogP contribution in [-0.2, 0) is 10.0 Å². The van der Waals surface area contributed by atoms with Crippen molar-refractivity contribution in [3.8, 4) is 0 Å². The smallest absolute Gasteiger partial charge is 0.421 e. The molecule has 6 heteroatoms. The molecule has 0 saturated heterocycles. The zero-order chi connectivity index (χ0) is 16.4. The minimum atomic E-state index is -3.97. The van der Waals surface area contributed by atoms with Gasteiger partial charge in [0.15, 0.2) is 0 Å². The molecular formula is C16H25NO4S. The van der Waals surface area contributed by atoms with E-state index in [0.29, 0.717) is 10.7 Å². The third-order valence-electron chi connectivity index (χ3n) is 3.51. The van der Waals surface area contributed by atoms with Crippen LogP contribution in [-0.4, -0.2) is 30.5 Å². The van der Waals surface area contributed by atoms with Gasteiger partial charge in [-0.1, -0.05) is 63.6 Å². The Morgan fingerprint density at radius 3 is 2.09 bits per heavy atom. The van der Waals surface area contributed by atoms with Crippen LogP contribution in [0.5, 0.6) is 0 Å². The molecule has 0 saturated carbocycles. The molecule has 0 aliphatic heterocycles. The van der Waals surface area contributed by atoms with Gasteiger partial charge in [-0.05, 0) is 18.6 Å². The summed E-state index contributed by atoms with van der Waals surface area (Å²) in [6, 6.07) is 7.69. The number of hydrogen-bond acceptors (Lipinski definition) is 3. The standard InChI is InChI=1S/C16H25NO4S/c1-2-3-4-5-6-7-11-14-17(16(18)19)22(20,21)15-12-9-8-10-13-15/h8-10,12-13H,2-7,11,14H2,1H3,(H,18,19). The highest BCUT2D eigenvalue weighted by Gasteiger charge is 2.28. The second-order valence-corrected chi connectivity index (χ2v) is 7.16. The normalized spacial score (nSPS) is 11.3. The molecule has 0 heterocycles. The predicted octanol–water partition coefficient (Wildman–Crippen LogP) is 4.11. The maximum absolute atomic E-state index is 12.3. The fourth-order valence-electron chi connectivity index (χ4n) is 2.25. The fourth-order valence-corrected chi connectivity index (χ4v) is 3.58. The number of carboxylic acid groups (broad SMARTS) is 1. The van der Waals surface area contributed by atoms with E-state index in [2.05, 4.69) is 6.92 Å². The maximum atomic E-state index is 12.3. The quantitative estimate of drug-likeness (QED) is 0.656. The summed E-state index contributed by atoms with van der Waals surface area (Å²) in [6.07, 6.45) is 5.69. The molecule has 0 spiro atoms. The van der Waals surface area contributed by atoms with Crippen molar-refractivity contribution in [1.29, 1.82) is 0 Å². The molecule has 1 rings (SSSR count). The van der Waals surface area contributed by atoms with E-state index in [9.17, 15) is 18.3 Å². The van der Waals surface area contributed by atoms with Crippen LogP contribution in [0.1, 0.15) is 51.9 Å². The summed E-state index contributed by atoms with van der Waals surface area (Å²) in [6.45, 7) is 2.17. The third-order valence-corrected chi connectivity index (χ3v) is 5.30. The van der Waals surface area contributed by atoms with Crippen LogP contribution < -0.4 is 0 Å². The lowest BCUT2D eigenvalue weighted by atomic mass is 10.1. The first-order valence-electron chi connectivity index (χ1n) is 7.81. The molecule has 1 amide bonds. The second-order valence-electron chi connectivity index (χ2n) is 5.29. The van der Waals surface area contributed by atoms with Gasteiger partial charge in [0.1, 0.15) is 0 Å². The number of carbonyl (C=O) groups is 1. The number of sulfonamides is 1. The lowest BCUT2D eigenvalue weighted by Gasteiger charge is -2.19. The summed E-state index contributed by atoms with van der Waals surface area (Å²) in [4.78, 5) is 11.3. The zero-order valence-corrected chi connectivity index (χ0v) is 13.9. The molecule has 0 aliphatic rings. The lowest BCUT2D eigenvalue weighted by Crippen LogP contribution is -2.36. The number of rotatable bonds is 10. The van der Waals surface area contributed by atoms with Crippen LogP contribution >= 0.6 is 0 Å². The van der Waals surface area contributed by atoms with Gasteiger partial charge in [0.25, 0.3) is 10.0 Å². The van der Waals surface area contributed by atoms with Crippen molar-refractivity contribution in [3.63, 3.8) is 0 Å².